The van der Waals surface area contributed by atoms with Crippen molar-refractivity contribution in [1.29, 1.82) is 0 Å². The van der Waals surface area contributed by atoms with E-state index in [4.69, 9.17) is 4.42 Å². The largest absolute Gasteiger partial charge is 0.464 e. The third-order valence-corrected chi connectivity index (χ3v) is 2.97. The summed E-state index contributed by atoms with van der Waals surface area (Å²) in [4.78, 5) is 16.2. The van der Waals surface area contributed by atoms with Crippen LogP contribution in [0.4, 0.5) is 0 Å². The van der Waals surface area contributed by atoms with Crippen LogP contribution in [0.2, 0.25) is 0 Å². The Kier molecular flexibility index (Phi) is 6.75. The molecule has 0 aliphatic carbocycles. The molecule has 0 aliphatic rings. The molecule has 5 heteroatoms. The predicted molar refractivity (Wildman–Crippen MR) is 80.6 cm³/mol. The lowest BCUT2D eigenvalue weighted by atomic mass is 10.3. The lowest BCUT2D eigenvalue weighted by molar-refractivity contribution is -0.131. The van der Waals surface area contributed by atoms with Crippen molar-refractivity contribution in [1.82, 2.24) is 15.1 Å². The molecule has 1 rings (SSSR count). The fourth-order valence-electron chi connectivity index (χ4n) is 1.77. The van der Waals surface area contributed by atoms with Crippen LogP contribution < -0.4 is 5.32 Å². The van der Waals surface area contributed by atoms with E-state index in [0.29, 0.717) is 25.7 Å². The normalized spacial score (nSPS) is 11.3. The maximum absolute atomic E-state index is 12.3. The highest BCUT2D eigenvalue weighted by Gasteiger charge is 2.15. The Labute approximate surface area is 121 Å². The topological polar surface area (TPSA) is 48.7 Å². The highest BCUT2D eigenvalue weighted by Crippen LogP contribution is 2.09. The maximum atomic E-state index is 12.3. The van der Waals surface area contributed by atoms with Gasteiger partial charge in [-0.3, -0.25) is 4.79 Å². The summed E-state index contributed by atoms with van der Waals surface area (Å²) in [5.41, 5.74) is 0. The van der Waals surface area contributed by atoms with Crippen molar-refractivity contribution in [3.63, 3.8) is 0 Å². The first-order valence-corrected chi connectivity index (χ1v) is 7.09. The summed E-state index contributed by atoms with van der Waals surface area (Å²) < 4.78 is 5.57. The van der Waals surface area contributed by atoms with Crippen molar-refractivity contribution < 1.29 is 9.21 Å². The Morgan fingerprint density at radius 2 is 2.00 bits per heavy atom. The van der Waals surface area contributed by atoms with Crippen molar-refractivity contribution in [2.45, 2.75) is 33.4 Å². The minimum Gasteiger partial charge on any atom is -0.464 e. The fraction of sp³-hybridized carbons (Fsp3) is 0.667. The van der Waals surface area contributed by atoms with Gasteiger partial charge in [0.15, 0.2) is 0 Å². The second-order valence-corrected chi connectivity index (χ2v) is 5.67. The van der Waals surface area contributed by atoms with Gasteiger partial charge in [-0.05, 0) is 33.2 Å². The van der Waals surface area contributed by atoms with Gasteiger partial charge in [0.25, 0.3) is 0 Å². The van der Waals surface area contributed by atoms with Crippen molar-refractivity contribution in [2.24, 2.45) is 0 Å². The van der Waals surface area contributed by atoms with Crippen LogP contribution in [-0.2, 0) is 11.3 Å². The maximum Gasteiger partial charge on any atom is 0.236 e. The van der Waals surface area contributed by atoms with Crippen LogP contribution in [0, 0.1) is 6.92 Å². The highest BCUT2D eigenvalue weighted by molar-refractivity contribution is 5.78. The van der Waals surface area contributed by atoms with Crippen LogP contribution in [0.5, 0.6) is 0 Å². The number of amides is 1. The van der Waals surface area contributed by atoms with Crippen LogP contribution >= 0.6 is 0 Å². The molecule has 0 aliphatic heterocycles. The third kappa shape index (κ3) is 6.21. The van der Waals surface area contributed by atoms with E-state index >= 15 is 0 Å². The molecule has 1 N–H and O–H groups in total. The number of rotatable bonds is 8. The number of nitrogens with one attached hydrogen (secondary N) is 1. The second-order valence-electron chi connectivity index (χ2n) is 5.67. The molecule has 0 radical (unpaired) electrons. The molecule has 1 heterocycles. The minimum absolute atomic E-state index is 0.106. The van der Waals surface area contributed by atoms with Gasteiger partial charge in [0, 0.05) is 19.1 Å². The van der Waals surface area contributed by atoms with Crippen LogP contribution in [0.15, 0.2) is 16.5 Å². The number of hydrogen-bond donors (Lipinski definition) is 1. The van der Waals surface area contributed by atoms with E-state index in [2.05, 4.69) is 10.2 Å². The van der Waals surface area contributed by atoms with Crippen molar-refractivity contribution >= 4 is 5.91 Å². The summed E-state index contributed by atoms with van der Waals surface area (Å²) in [6.45, 7) is 8.42. The van der Waals surface area contributed by atoms with Gasteiger partial charge in [0.1, 0.15) is 11.5 Å². The van der Waals surface area contributed by atoms with E-state index in [-0.39, 0.29) is 5.91 Å². The summed E-state index contributed by atoms with van der Waals surface area (Å²) in [6.07, 6.45) is 0. The van der Waals surface area contributed by atoms with Crippen LogP contribution in [0.25, 0.3) is 0 Å². The van der Waals surface area contributed by atoms with Crippen molar-refractivity contribution in [3.8, 4) is 0 Å². The summed E-state index contributed by atoms with van der Waals surface area (Å²) in [5, 5.41) is 3.17. The SMILES string of the molecule is Cc1ccc(CN(CCN(C)C)C(=O)CNC(C)C)o1. The van der Waals surface area contributed by atoms with Crippen molar-refractivity contribution in [3.05, 3.63) is 23.7 Å². The molecule has 0 saturated carbocycles. The average molecular weight is 281 g/mol. The zero-order valence-corrected chi connectivity index (χ0v) is 13.3. The van der Waals surface area contributed by atoms with Crippen LogP contribution in [-0.4, -0.2) is 55.5 Å². The van der Waals surface area contributed by atoms with E-state index in [1.54, 1.807) is 0 Å². The molecule has 0 spiro atoms. The van der Waals surface area contributed by atoms with E-state index in [0.717, 1.165) is 18.1 Å². The van der Waals surface area contributed by atoms with Gasteiger partial charge in [-0.1, -0.05) is 13.8 Å². The molecular formula is C15H27N3O2. The quantitative estimate of drug-likeness (QED) is 0.784. The first-order chi connectivity index (χ1) is 9.38. The van der Waals surface area contributed by atoms with Gasteiger partial charge in [0.05, 0.1) is 13.1 Å². The molecule has 0 saturated heterocycles. The average Bonchev–Trinajstić information content (AvgIpc) is 2.76. The van der Waals surface area contributed by atoms with Crippen LogP contribution in [0.3, 0.4) is 0 Å². The molecule has 1 aromatic heterocycles. The smallest absolute Gasteiger partial charge is 0.236 e. The molecule has 20 heavy (non-hydrogen) atoms. The molecule has 114 valence electrons. The minimum atomic E-state index is 0.106. The lowest BCUT2D eigenvalue weighted by Gasteiger charge is -2.24. The van der Waals surface area contributed by atoms with E-state index in [9.17, 15) is 4.79 Å². The highest BCUT2D eigenvalue weighted by atomic mass is 16.3. The number of furan rings is 1. The Balaban J connectivity index is 2.61. The number of likely N-dealkylation sites (N-methyl/N-ethyl adjacent to an activating group) is 1. The Bertz CT molecular complexity index is 413. The lowest BCUT2D eigenvalue weighted by Crippen LogP contribution is -2.42. The first-order valence-electron chi connectivity index (χ1n) is 7.09. The summed E-state index contributed by atoms with van der Waals surface area (Å²) in [7, 11) is 4.01. The number of carbonyl (C=O) groups is 1. The van der Waals surface area contributed by atoms with Gasteiger partial charge in [-0.2, -0.15) is 0 Å². The molecule has 5 nitrogen and oxygen atoms in total. The fourth-order valence-corrected chi connectivity index (χ4v) is 1.77. The molecule has 1 aromatic rings. The van der Waals surface area contributed by atoms with Gasteiger partial charge in [0.2, 0.25) is 5.91 Å². The molecule has 0 fully saturated rings. The standard InChI is InChI=1S/C15H27N3O2/c1-12(2)16-10-15(19)18(9-8-17(4)5)11-14-7-6-13(3)20-14/h6-7,12,16H,8-11H2,1-5H3. The second kappa shape index (κ2) is 8.07. The predicted octanol–water partition coefficient (Wildman–Crippen LogP) is 1.48. The van der Waals surface area contributed by atoms with Crippen LogP contribution in [0.1, 0.15) is 25.4 Å². The van der Waals surface area contributed by atoms with E-state index in [1.807, 2.05) is 51.9 Å². The van der Waals surface area contributed by atoms with Gasteiger partial charge in [-0.25, -0.2) is 0 Å². The number of carbonyl (C=O) groups excluding carboxylic acids is 1. The molecule has 1 amide bonds. The molecule has 0 bridgehead atoms. The molecule has 0 unspecified atom stereocenters. The first kappa shape index (κ1) is 16.7. The zero-order valence-electron chi connectivity index (χ0n) is 13.3. The number of hydrogen-bond acceptors (Lipinski definition) is 4. The number of nitrogens with zero attached hydrogens (tertiary/aromatic N) is 2. The molecule has 0 aromatic carbocycles. The van der Waals surface area contributed by atoms with E-state index < -0.39 is 0 Å². The van der Waals surface area contributed by atoms with E-state index in [1.165, 1.54) is 0 Å². The molecular weight excluding hydrogens is 254 g/mol. The Morgan fingerprint density at radius 3 is 2.50 bits per heavy atom. The van der Waals surface area contributed by atoms with Gasteiger partial charge < -0.3 is 19.5 Å². The zero-order chi connectivity index (χ0) is 15.1. The Morgan fingerprint density at radius 1 is 1.30 bits per heavy atom. The molecule has 0 atom stereocenters. The monoisotopic (exact) mass is 281 g/mol. The van der Waals surface area contributed by atoms with Crippen molar-refractivity contribution in [2.75, 3.05) is 33.7 Å². The summed E-state index contributed by atoms with van der Waals surface area (Å²) in [5.74, 6) is 1.81. The van der Waals surface area contributed by atoms with Gasteiger partial charge >= 0.3 is 0 Å². The number of aryl methyl sites for hydroxylation is 1. The van der Waals surface area contributed by atoms with Gasteiger partial charge in [-0.15, -0.1) is 0 Å². The summed E-state index contributed by atoms with van der Waals surface area (Å²) in [6, 6.07) is 4.16. The summed E-state index contributed by atoms with van der Waals surface area (Å²) >= 11 is 0. The third-order valence-electron chi connectivity index (χ3n) is 2.97. The Hall–Kier alpha value is -1.33.